The van der Waals surface area contributed by atoms with E-state index < -0.39 is 28.7 Å². The molecule has 0 aliphatic heterocycles. The van der Waals surface area contributed by atoms with Gasteiger partial charge in [-0.3, -0.25) is 19.6 Å². The van der Waals surface area contributed by atoms with Crippen LogP contribution < -0.4 is 16.0 Å². The van der Waals surface area contributed by atoms with Gasteiger partial charge >= 0.3 is 11.6 Å². The second-order valence-corrected chi connectivity index (χ2v) is 4.69. The summed E-state index contributed by atoms with van der Waals surface area (Å²) < 4.78 is 5.34. The number of ether oxygens (including phenoxy) is 1. The van der Waals surface area contributed by atoms with Gasteiger partial charge in [0.1, 0.15) is 5.75 Å². The first kappa shape index (κ1) is 16.1. The summed E-state index contributed by atoms with van der Waals surface area (Å²) in [7, 11) is 0. The number of carbonyl (C=O) groups is 1. The summed E-state index contributed by atoms with van der Waals surface area (Å²) >= 11 is 0. The van der Waals surface area contributed by atoms with Crippen molar-refractivity contribution in [1.29, 1.82) is 0 Å². The lowest BCUT2D eigenvalue weighted by Gasteiger charge is -2.08. The van der Waals surface area contributed by atoms with Gasteiger partial charge in [-0.05, 0) is 31.0 Å². The number of aromatic nitrogens is 2. The van der Waals surface area contributed by atoms with Crippen LogP contribution in [-0.2, 0) is 4.79 Å². The molecule has 2 rings (SSSR count). The van der Waals surface area contributed by atoms with Crippen LogP contribution in [0.15, 0.2) is 38.0 Å². The Morgan fingerprint density at radius 2 is 2.00 bits per heavy atom. The van der Waals surface area contributed by atoms with E-state index in [0.717, 1.165) is 11.1 Å². The average molecular weight is 318 g/mol. The minimum atomic E-state index is -0.960. The monoisotopic (exact) mass is 318 g/mol. The fourth-order valence-electron chi connectivity index (χ4n) is 1.72. The largest absolute Gasteiger partial charge is 0.493 e. The van der Waals surface area contributed by atoms with Crippen molar-refractivity contribution in [1.82, 2.24) is 9.97 Å². The lowest BCUT2D eigenvalue weighted by molar-refractivity contribution is -0.120. The first-order valence-electron chi connectivity index (χ1n) is 6.57. The third kappa shape index (κ3) is 3.90. The number of aryl methyl sites for hydroxylation is 1. The Bertz CT molecular complexity index is 881. The van der Waals surface area contributed by atoms with E-state index in [-0.39, 0.29) is 6.61 Å². The number of aromatic hydroxyl groups is 1. The Labute approximate surface area is 129 Å². The zero-order valence-electron chi connectivity index (χ0n) is 12.4. The van der Waals surface area contributed by atoms with Crippen molar-refractivity contribution in [3.63, 3.8) is 0 Å². The Morgan fingerprint density at radius 1 is 1.26 bits per heavy atom. The lowest BCUT2D eigenvalue weighted by Crippen LogP contribution is -2.21. The Balaban J connectivity index is 2.07. The summed E-state index contributed by atoms with van der Waals surface area (Å²) in [6.07, 6.45) is 0. The van der Waals surface area contributed by atoms with Gasteiger partial charge in [-0.15, -0.1) is 10.2 Å². The van der Waals surface area contributed by atoms with Gasteiger partial charge in [0.2, 0.25) is 11.6 Å². The van der Waals surface area contributed by atoms with Crippen LogP contribution in [0, 0.1) is 13.8 Å². The van der Waals surface area contributed by atoms with Gasteiger partial charge in [-0.1, -0.05) is 12.1 Å². The SMILES string of the molecule is Cc1cccc(OCC(=O)N=Nc2c(O)[nH]c(=O)[nH]c2=O)c1C. The Kier molecular flexibility index (Phi) is 4.69. The lowest BCUT2D eigenvalue weighted by atomic mass is 10.1. The maximum absolute atomic E-state index is 11.6. The predicted octanol–water partition coefficient (Wildman–Crippen LogP) is 1.07. The van der Waals surface area contributed by atoms with Crippen LogP contribution in [-0.4, -0.2) is 27.6 Å². The summed E-state index contributed by atoms with van der Waals surface area (Å²) in [6, 6.07) is 5.42. The molecule has 0 aliphatic carbocycles. The van der Waals surface area contributed by atoms with E-state index in [0.29, 0.717) is 5.75 Å². The normalized spacial score (nSPS) is 10.9. The molecule has 1 amide bonds. The molecule has 120 valence electrons. The van der Waals surface area contributed by atoms with Gasteiger partial charge in [0.15, 0.2) is 6.61 Å². The van der Waals surface area contributed by atoms with Crippen molar-refractivity contribution in [2.75, 3.05) is 6.61 Å². The molecule has 1 aromatic carbocycles. The minimum Gasteiger partial charge on any atom is -0.493 e. The summed E-state index contributed by atoms with van der Waals surface area (Å²) in [5, 5.41) is 16.0. The van der Waals surface area contributed by atoms with Crippen LogP contribution in [0.25, 0.3) is 0 Å². The molecule has 1 aromatic heterocycles. The predicted molar refractivity (Wildman–Crippen MR) is 80.3 cm³/mol. The molecule has 0 saturated carbocycles. The molecule has 0 spiro atoms. The molecule has 2 aromatic rings. The Hall–Kier alpha value is -3.23. The third-order valence-electron chi connectivity index (χ3n) is 3.07. The van der Waals surface area contributed by atoms with Crippen LogP contribution in [0.3, 0.4) is 0 Å². The van der Waals surface area contributed by atoms with Crippen LogP contribution in [0.1, 0.15) is 11.1 Å². The first-order valence-corrected chi connectivity index (χ1v) is 6.57. The van der Waals surface area contributed by atoms with E-state index in [1.54, 1.807) is 12.1 Å². The highest BCUT2D eigenvalue weighted by Crippen LogP contribution is 2.20. The van der Waals surface area contributed by atoms with Gasteiger partial charge in [0.25, 0.3) is 5.56 Å². The molecule has 0 unspecified atom stereocenters. The molecule has 3 N–H and O–H groups in total. The highest BCUT2D eigenvalue weighted by Gasteiger charge is 2.09. The van der Waals surface area contributed by atoms with Gasteiger partial charge in [0.05, 0.1) is 0 Å². The number of hydrogen-bond donors (Lipinski definition) is 3. The average Bonchev–Trinajstić information content (AvgIpc) is 2.47. The molecule has 1 heterocycles. The second kappa shape index (κ2) is 6.69. The summed E-state index contributed by atoms with van der Waals surface area (Å²) in [6.45, 7) is 3.39. The molecule has 23 heavy (non-hydrogen) atoms. The van der Waals surface area contributed by atoms with Crippen LogP contribution in [0.5, 0.6) is 11.6 Å². The number of nitrogens with zero attached hydrogens (tertiary/aromatic N) is 2. The number of amides is 1. The second-order valence-electron chi connectivity index (χ2n) is 4.69. The standard InChI is InChI=1S/C14H14N4O5/c1-7-4-3-5-9(8(7)2)23-6-10(19)17-18-11-12(20)15-14(22)16-13(11)21/h3-5H,6H2,1-2H3,(H3,15,16,20,21,22). The van der Waals surface area contributed by atoms with Crippen molar-refractivity contribution in [2.45, 2.75) is 13.8 Å². The summed E-state index contributed by atoms with van der Waals surface area (Å²) in [5.74, 6) is -0.986. The number of rotatable bonds is 4. The summed E-state index contributed by atoms with van der Waals surface area (Å²) in [5.41, 5.74) is -0.507. The molecule has 9 nitrogen and oxygen atoms in total. The fraction of sp³-hybridized carbons (Fsp3) is 0.214. The molecular weight excluding hydrogens is 304 g/mol. The number of H-pyrrole nitrogens is 2. The van der Waals surface area contributed by atoms with Crippen molar-refractivity contribution in [2.24, 2.45) is 10.2 Å². The number of azo groups is 1. The van der Waals surface area contributed by atoms with E-state index in [1.165, 1.54) is 0 Å². The maximum atomic E-state index is 11.6. The fourth-order valence-corrected chi connectivity index (χ4v) is 1.72. The minimum absolute atomic E-state index is 0.379. The molecule has 9 heteroatoms. The van der Waals surface area contributed by atoms with E-state index >= 15 is 0 Å². The molecule has 0 bridgehead atoms. The van der Waals surface area contributed by atoms with Crippen molar-refractivity contribution >= 4 is 11.6 Å². The van der Waals surface area contributed by atoms with Gasteiger partial charge in [0, 0.05) is 0 Å². The van der Waals surface area contributed by atoms with Gasteiger partial charge < -0.3 is 9.84 Å². The van der Waals surface area contributed by atoms with E-state index in [9.17, 15) is 19.5 Å². The molecule has 0 saturated heterocycles. The van der Waals surface area contributed by atoms with Crippen LogP contribution >= 0.6 is 0 Å². The highest BCUT2D eigenvalue weighted by molar-refractivity contribution is 5.78. The zero-order chi connectivity index (χ0) is 17.0. The zero-order valence-corrected chi connectivity index (χ0v) is 12.4. The maximum Gasteiger partial charge on any atom is 0.328 e. The van der Waals surface area contributed by atoms with Gasteiger partial charge in [-0.2, -0.15) is 0 Å². The van der Waals surface area contributed by atoms with E-state index in [4.69, 9.17) is 4.74 Å². The number of carbonyl (C=O) groups excluding carboxylic acids is 1. The number of aromatic amines is 2. The van der Waals surface area contributed by atoms with Crippen LogP contribution in [0.4, 0.5) is 5.69 Å². The van der Waals surface area contributed by atoms with Crippen LogP contribution in [0.2, 0.25) is 0 Å². The quantitative estimate of drug-likeness (QED) is 0.724. The number of nitrogens with one attached hydrogen (secondary N) is 2. The number of benzene rings is 1. The highest BCUT2D eigenvalue weighted by atomic mass is 16.5. The van der Waals surface area contributed by atoms with E-state index in [2.05, 4.69) is 10.2 Å². The van der Waals surface area contributed by atoms with Crippen molar-refractivity contribution in [3.05, 3.63) is 50.2 Å². The van der Waals surface area contributed by atoms with Crippen molar-refractivity contribution in [3.8, 4) is 11.6 Å². The third-order valence-corrected chi connectivity index (χ3v) is 3.07. The molecule has 0 fully saturated rings. The van der Waals surface area contributed by atoms with E-state index in [1.807, 2.05) is 29.9 Å². The number of hydrogen-bond acceptors (Lipinski definition) is 6. The van der Waals surface area contributed by atoms with Crippen molar-refractivity contribution < 1.29 is 14.6 Å². The molecule has 0 atom stereocenters. The topological polar surface area (TPSA) is 137 Å². The molecule has 0 aliphatic rings. The molecular formula is C14H14N4O5. The summed E-state index contributed by atoms with van der Waals surface area (Å²) in [4.78, 5) is 37.7. The smallest absolute Gasteiger partial charge is 0.328 e. The Morgan fingerprint density at radius 3 is 2.70 bits per heavy atom. The first-order chi connectivity index (χ1) is 10.9. The molecule has 0 radical (unpaired) electrons. The van der Waals surface area contributed by atoms with Gasteiger partial charge in [-0.25, -0.2) is 4.79 Å².